The van der Waals surface area contributed by atoms with E-state index in [1.807, 2.05) is 25.1 Å². The molecule has 2 aromatic heterocycles. The third-order valence-electron chi connectivity index (χ3n) is 2.62. The molecule has 0 radical (unpaired) electrons. The molecule has 0 aliphatic heterocycles. The van der Waals surface area contributed by atoms with Crippen LogP contribution in [0.25, 0.3) is 11.0 Å². The first-order valence-corrected chi connectivity index (χ1v) is 8.12. The molecule has 1 aromatic carbocycles. The number of aromatic nitrogens is 3. The zero-order chi connectivity index (χ0) is 14.8. The van der Waals surface area contributed by atoms with Crippen LogP contribution in [0.4, 0.5) is 0 Å². The van der Waals surface area contributed by atoms with E-state index in [1.165, 1.54) is 23.1 Å². The minimum Gasteiger partial charge on any atom is -0.494 e. The van der Waals surface area contributed by atoms with Crippen LogP contribution < -0.4 is 4.74 Å². The monoisotopic (exact) mass is 339 g/mol. The number of nitrogens with zero attached hydrogens (tertiary/aromatic N) is 2. The first-order chi connectivity index (χ1) is 10.2. The minimum atomic E-state index is 0.229. The van der Waals surface area contributed by atoms with Crippen molar-refractivity contribution in [3.8, 4) is 5.75 Å². The van der Waals surface area contributed by atoms with E-state index in [9.17, 15) is 4.79 Å². The van der Waals surface area contributed by atoms with Gasteiger partial charge in [-0.3, -0.25) is 4.79 Å². The van der Waals surface area contributed by atoms with Crippen molar-refractivity contribution in [2.24, 2.45) is 0 Å². The molecule has 0 aliphatic rings. The number of carbonyl (C=O) groups is 1. The molecule has 0 atom stereocenters. The van der Waals surface area contributed by atoms with Gasteiger partial charge >= 0.3 is 0 Å². The van der Waals surface area contributed by atoms with Crippen molar-refractivity contribution in [3.05, 3.63) is 28.2 Å². The molecular formula is C13H10ClN3O2S2. The van der Waals surface area contributed by atoms with E-state index in [0.717, 1.165) is 16.8 Å². The topological polar surface area (TPSA) is 67.9 Å². The molecule has 8 heteroatoms. The van der Waals surface area contributed by atoms with E-state index < -0.39 is 0 Å². The number of carbonyl (C=O) groups excluding carboxylic acids is 1. The number of nitrogens with one attached hydrogen (secondary N) is 1. The summed E-state index contributed by atoms with van der Waals surface area (Å²) < 4.78 is 6.13. The highest BCUT2D eigenvalue weighted by molar-refractivity contribution is 8.00. The highest BCUT2D eigenvalue weighted by Crippen LogP contribution is 2.34. The van der Waals surface area contributed by atoms with Crippen molar-refractivity contribution >= 4 is 52.0 Å². The highest BCUT2D eigenvalue weighted by Gasteiger charge is 2.12. The summed E-state index contributed by atoms with van der Waals surface area (Å²) in [6.07, 6.45) is 0.705. The molecule has 0 unspecified atom stereocenters. The molecule has 3 aromatic rings. The second-order valence-electron chi connectivity index (χ2n) is 4.01. The fourth-order valence-electron chi connectivity index (χ4n) is 1.76. The Morgan fingerprint density at radius 1 is 1.48 bits per heavy atom. The zero-order valence-electron chi connectivity index (χ0n) is 10.9. The molecule has 3 rings (SSSR count). The number of aldehydes is 1. The Morgan fingerprint density at radius 3 is 3.05 bits per heavy atom. The number of hydrogen-bond donors (Lipinski definition) is 1. The lowest BCUT2D eigenvalue weighted by Gasteiger charge is -2.00. The third kappa shape index (κ3) is 3.04. The van der Waals surface area contributed by atoms with E-state index in [0.29, 0.717) is 27.3 Å². The lowest BCUT2D eigenvalue weighted by molar-refractivity contribution is 0.112. The Labute approximate surface area is 133 Å². The van der Waals surface area contributed by atoms with E-state index in [-0.39, 0.29) is 5.15 Å². The van der Waals surface area contributed by atoms with Gasteiger partial charge in [0, 0.05) is 6.07 Å². The maximum Gasteiger partial charge on any atom is 0.173 e. The summed E-state index contributed by atoms with van der Waals surface area (Å²) in [5.74, 6) is 0.797. The molecule has 21 heavy (non-hydrogen) atoms. The van der Waals surface area contributed by atoms with E-state index >= 15 is 0 Å². The molecule has 0 fully saturated rings. The quantitative estimate of drug-likeness (QED) is 0.711. The number of ether oxygens (including phenoxy) is 1. The molecule has 1 N–H and O–H groups in total. The number of aromatic amines is 1. The van der Waals surface area contributed by atoms with E-state index in [1.54, 1.807) is 0 Å². The summed E-state index contributed by atoms with van der Waals surface area (Å²) in [4.78, 5) is 23.0. The van der Waals surface area contributed by atoms with Gasteiger partial charge in [-0.25, -0.2) is 9.97 Å². The van der Waals surface area contributed by atoms with Crippen molar-refractivity contribution < 1.29 is 9.53 Å². The number of H-pyrrole nitrogens is 1. The Balaban J connectivity index is 1.88. The van der Waals surface area contributed by atoms with Crippen LogP contribution in [0.2, 0.25) is 5.15 Å². The van der Waals surface area contributed by atoms with Crippen molar-refractivity contribution in [1.29, 1.82) is 0 Å². The second kappa shape index (κ2) is 6.05. The molecule has 0 amide bonds. The van der Waals surface area contributed by atoms with Gasteiger partial charge in [-0.15, -0.1) is 11.3 Å². The van der Waals surface area contributed by atoms with Crippen LogP contribution in [0.1, 0.15) is 16.6 Å². The van der Waals surface area contributed by atoms with Crippen LogP contribution in [-0.2, 0) is 0 Å². The number of rotatable bonds is 5. The number of thiazole rings is 1. The van der Waals surface area contributed by atoms with Crippen LogP contribution in [0.15, 0.2) is 27.7 Å². The van der Waals surface area contributed by atoms with Gasteiger partial charge in [0.25, 0.3) is 0 Å². The Hall–Kier alpha value is -1.57. The van der Waals surface area contributed by atoms with E-state index in [2.05, 4.69) is 15.0 Å². The molecule has 0 aliphatic carbocycles. The standard InChI is InChI=1S/C13H10ClN3O2S2/c1-2-19-7-3-4-8-9(5-7)16-12(15-8)21-13-17-11(14)10(6-18)20-13/h3-6H,2H2,1H3,(H,15,16). The average molecular weight is 340 g/mol. The smallest absolute Gasteiger partial charge is 0.173 e. The summed E-state index contributed by atoms with van der Waals surface area (Å²) in [6, 6.07) is 5.68. The summed E-state index contributed by atoms with van der Waals surface area (Å²) in [5.41, 5.74) is 1.74. The minimum absolute atomic E-state index is 0.229. The summed E-state index contributed by atoms with van der Waals surface area (Å²) in [6.45, 7) is 2.56. The number of fused-ring (bicyclic) bond motifs is 1. The first-order valence-electron chi connectivity index (χ1n) is 6.11. The third-order valence-corrected chi connectivity index (χ3v) is 4.95. The summed E-state index contributed by atoms with van der Waals surface area (Å²) >= 11 is 8.44. The van der Waals surface area contributed by atoms with Gasteiger partial charge in [-0.2, -0.15) is 0 Å². The first kappa shape index (κ1) is 14.4. The van der Waals surface area contributed by atoms with Crippen LogP contribution in [-0.4, -0.2) is 27.8 Å². The SMILES string of the molecule is CCOc1ccc2nc(Sc3nc(Cl)c(C=O)s3)[nH]c2c1. The van der Waals surface area contributed by atoms with Gasteiger partial charge in [0.2, 0.25) is 0 Å². The van der Waals surface area contributed by atoms with Crippen molar-refractivity contribution in [2.75, 3.05) is 6.61 Å². The fourth-order valence-corrected chi connectivity index (χ4v) is 3.89. The normalized spacial score (nSPS) is 11.0. The molecule has 0 saturated carbocycles. The number of imidazole rings is 1. The fraction of sp³-hybridized carbons (Fsp3) is 0.154. The summed E-state index contributed by atoms with van der Waals surface area (Å²) in [5, 5.41) is 0.925. The zero-order valence-corrected chi connectivity index (χ0v) is 13.3. The maximum atomic E-state index is 10.8. The van der Waals surface area contributed by atoms with Crippen molar-refractivity contribution in [1.82, 2.24) is 15.0 Å². The molecule has 108 valence electrons. The van der Waals surface area contributed by atoms with Gasteiger partial charge in [-0.1, -0.05) is 11.6 Å². The van der Waals surface area contributed by atoms with E-state index in [4.69, 9.17) is 16.3 Å². The van der Waals surface area contributed by atoms with Gasteiger partial charge in [0.05, 0.1) is 17.6 Å². The molecule has 0 saturated heterocycles. The van der Waals surface area contributed by atoms with Gasteiger partial charge in [-0.05, 0) is 30.8 Å². The predicted molar refractivity (Wildman–Crippen MR) is 83.9 cm³/mol. The van der Waals surface area contributed by atoms with Crippen molar-refractivity contribution in [3.63, 3.8) is 0 Å². The number of benzene rings is 1. The Bertz CT molecular complexity index is 800. The second-order valence-corrected chi connectivity index (χ2v) is 6.63. The number of halogens is 1. The molecule has 0 spiro atoms. The summed E-state index contributed by atoms with van der Waals surface area (Å²) in [7, 11) is 0. The van der Waals surface area contributed by atoms with Crippen LogP contribution in [0.3, 0.4) is 0 Å². The molecular weight excluding hydrogens is 330 g/mol. The molecule has 0 bridgehead atoms. The van der Waals surface area contributed by atoms with Gasteiger partial charge in [0.15, 0.2) is 20.9 Å². The van der Waals surface area contributed by atoms with Gasteiger partial charge in [0.1, 0.15) is 10.6 Å². The van der Waals surface area contributed by atoms with Crippen LogP contribution >= 0.6 is 34.7 Å². The highest BCUT2D eigenvalue weighted by atomic mass is 35.5. The Kier molecular flexibility index (Phi) is 4.14. The maximum absolute atomic E-state index is 10.8. The lowest BCUT2D eigenvalue weighted by Crippen LogP contribution is -1.90. The van der Waals surface area contributed by atoms with Gasteiger partial charge < -0.3 is 9.72 Å². The molecule has 2 heterocycles. The predicted octanol–water partition coefficient (Wildman–Crippen LogP) is 4.04. The number of hydrogen-bond acceptors (Lipinski definition) is 6. The largest absolute Gasteiger partial charge is 0.494 e. The molecule has 5 nitrogen and oxygen atoms in total. The average Bonchev–Trinajstić information content (AvgIpc) is 3.01. The van der Waals surface area contributed by atoms with Crippen LogP contribution in [0.5, 0.6) is 5.75 Å². The Morgan fingerprint density at radius 2 is 2.33 bits per heavy atom. The van der Waals surface area contributed by atoms with Crippen molar-refractivity contribution in [2.45, 2.75) is 16.4 Å². The van der Waals surface area contributed by atoms with Crippen LogP contribution in [0, 0.1) is 0 Å². The lowest BCUT2D eigenvalue weighted by atomic mass is 10.3.